The van der Waals surface area contributed by atoms with E-state index in [4.69, 9.17) is 0 Å². The molecule has 2 N–H and O–H groups in total. The number of rotatable bonds is 9. The van der Waals surface area contributed by atoms with Gasteiger partial charge in [0.25, 0.3) is 0 Å². The zero-order valence-corrected chi connectivity index (χ0v) is 17.4. The van der Waals surface area contributed by atoms with E-state index in [-0.39, 0.29) is 11.8 Å². The number of nitrogens with one attached hydrogen (secondary N) is 2. The van der Waals surface area contributed by atoms with Gasteiger partial charge in [-0.05, 0) is 37.5 Å². The highest BCUT2D eigenvalue weighted by Crippen LogP contribution is 2.28. The average Bonchev–Trinajstić information content (AvgIpc) is 2.73. The smallest absolute Gasteiger partial charge is 0.406 e. The monoisotopic (exact) mass is 430 g/mol. The van der Waals surface area contributed by atoms with Crippen molar-refractivity contribution in [3.8, 4) is 17.0 Å². The molecule has 5 nitrogen and oxygen atoms in total. The van der Waals surface area contributed by atoms with Gasteiger partial charge in [-0.3, -0.25) is 0 Å². The van der Waals surface area contributed by atoms with Crippen LogP contribution in [0.15, 0.2) is 60.7 Å². The zero-order chi connectivity index (χ0) is 22.3. The van der Waals surface area contributed by atoms with Crippen molar-refractivity contribution < 1.29 is 17.9 Å². The summed E-state index contributed by atoms with van der Waals surface area (Å²) < 4.78 is 41.8. The van der Waals surface area contributed by atoms with Gasteiger partial charge in [0.15, 0.2) is 0 Å². The summed E-state index contributed by atoms with van der Waals surface area (Å²) in [7, 11) is 0. The second-order valence-corrected chi connectivity index (χ2v) is 7.15. The average molecular weight is 430 g/mol. The van der Waals surface area contributed by atoms with E-state index in [1.165, 1.54) is 23.8 Å². The fourth-order valence-electron chi connectivity index (χ4n) is 2.90. The molecule has 2 aromatic carbocycles. The normalized spacial score (nSPS) is 12.3. The van der Waals surface area contributed by atoms with Gasteiger partial charge in [0.1, 0.15) is 11.6 Å². The number of hydrogen-bond acceptors (Lipinski definition) is 5. The number of nitrogens with zero attached hydrogens (tertiary/aromatic N) is 2. The number of benzene rings is 2. The first-order valence-corrected chi connectivity index (χ1v) is 10.1. The van der Waals surface area contributed by atoms with Gasteiger partial charge >= 0.3 is 6.36 Å². The minimum atomic E-state index is -4.75. The molecule has 0 saturated heterocycles. The number of alkyl halides is 3. The van der Waals surface area contributed by atoms with Crippen molar-refractivity contribution >= 4 is 11.8 Å². The molecule has 0 unspecified atom stereocenters. The maximum Gasteiger partial charge on any atom is 0.573 e. The highest BCUT2D eigenvalue weighted by Gasteiger charge is 2.31. The molecule has 0 radical (unpaired) electrons. The highest BCUT2D eigenvalue weighted by atomic mass is 19.4. The minimum Gasteiger partial charge on any atom is -0.406 e. The molecule has 0 fully saturated rings. The maximum atomic E-state index is 12.6. The quantitative estimate of drug-likeness (QED) is 0.442. The molecule has 0 saturated carbocycles. The Hall–Kier alpha value is -3.29. The van der Waals surface area contributed by atoms with Gasteiger partial charge in [-0.2, -0.15) is 4.98 Å². The topological polar surface area (TPSA) is 59.1 Å². The molecule has 3 rings (SSSR count). The van der Waals surface area contributed by atoms with Crippen LogP contribution >= 0.6 is 0 Å². The van der Waals surface area contributed by atoms with E-state index in [0.29, 0.717) is 29.6 Å². The second kappa shape index (κ2) is 10.1. The van der Waals surface area contributed by atoms with Crippen molar-refractivity contribution in [3.05, 3.63) is 66.2 Å². The van der Waals surface area contributed by atoms with Crippen LogP contribution in [-0.4, -0.2) is 28.9 Å². The van der Waals surface area contributed by atoms with Crippen LogP contribution in [0.1, 0.15) is 25.8 Å². The van der Waals surface area contributed by atoms with Crippen molar-refractivity contribution in [1.82, 2.24) is 9.97 Å². The first-order valence-electron chi connectivity index (χ1n) is 10.1. The largest absolute Gasteiger partial charge is 0.573 e. The van der Waals surface area contributed by atoms with Gasteiger partial charge in [0.05, 0.1) is 5.69 Å². The Morgan fingerprint density at radius 2 is 1.77 bits per heavy atom. The molecule has 0 bridgehead atoms. The Kier molecular flexibility index (Phi) is 7.33. The summed E-state index contributed by atoms with van der Waals surface area (Å²) in [6.45, 7) is 4.70. The second-order valence-electron chi connectivity index (χ2n) is 7.15. The predicted molar refractivity (Wildman–Crippen MR) is 116 cm³/mol. The summed E-state index contributed by atoms with van der Waals surface area (Å²) in [5.74, 6) is 0.712. The van der Waals surface area contributed by atoms with E-state index in [0.717, 1.165) is 12.8 Å². The van der Waals surface area contributed by atoms with Crippen LogP contribution < -0.4 is 15.4 Å². The molecule has 1 aromatic heterocycles. The molecule has 1 heterocycles. The van der Waals surface area contributed by atoms with Crippen molar-refractivity contribution in [2.45, 2.75) is 39.1 Å². The lowest BCUT2D eigenvalue weighted by Gasteiger charge is -2.15. The van der Waals surface area contributed by atoms with E-state index in [1.807, 2.05) is 32.0 Å². The molecule has 8 heteroatoms. The van der Waals surface area contributed by atoms with Crippen molar-refractivity contribution in [2.75, 3.05) is 17.2 Å². The molecule has 0 aliphatic rings. The van der Waals surface area contributed by atoms with E-state index < -0.39 is 6.36 Å². The molecule has 0 aliphatic carbocycles. The summed E-state index contributed by atoms with van der Waals surface area (Å²) >= 11 is 0. The Morgan fingerprint density at radius 1 is 1.00 bits per heavy atom. The van der Waals surface area contributed by atoms with Crippen LogP contribution in [0.25, 0.3) is 11.3 Å². The number of anilines is 2. The number of halogens is 3. The zero-order valence-electron chi connectivity index (χ0n) is 17.4. The van der Waals surface area contributed by atoms with Gasteiger partial charge in [0.2, 0.25) is 5.95 Å². The lowest BCUT2D eigenvalue weighted by molar-refractivity contribution is -0.274. The van der Waals surface area contributed by atoms with Crippen LogP contribution in [-0.2, 0) is 6.42 Å². The molecule has 0 amide bonds. The van der Waals surface area contributed by atoms with E-state index in [9.17, 15) is 13.2 Å². The van der Waals surface area contributed by atoms with E-state index in [2.05, 4.69) is 37.5 Å². The third kappa shape index (κ3) is 7.16. The Bertz CT molecular complexity index is 980. The van der Waals surface area contributed by atoms with Crippen LogP contribution in [0.4, 0.5) is 24.9 Å². The Morgan fingerprint density at radius 3 is 2.48 bits per heavy atom. The molecular weight excluding hydrogens is 405 g/mol. The van der Waals surface area contributed by atoms with Crippen molar-refractivity contribution in [2.24, 2.45) is 0 Å². The Labute approximate surface area is 179 Å². The fourth-order valence-corrected chi connectivity index (χ4v) is 2.90. The number of hydrogen-bond donors (Lipinski definition) is 2. The third-order valence-electron chi connectivity index (χ3n) is 4.64. The van der Waals surface area contributed by atoms with Gasteiger partial charge in [-0.15, -0.1) is 13.2 Å². The molecule has 0 spiro atoms. The van der Waals surface area contributed by atoms with Crippen molar-refractivity contribution in [1.29, 1.82) is 0 Å². The molecule has 3 aromatic rings. The third-order valence-corrected chi connectivity index (χ3v) is 4.64. The highest BCUT2D eigenvalue weighted by molar-refractivity contribution is 5.66. The molecule has 1 atom stereocenters. The van der Waals surface area contributed by atoms with Gasteiger partial charge in [0, 0.05) is 24.2 Å². The first kappa shape index (κ1) is 22.4. The van der Waals surface area contributed by atoms with Gasteiger partial charge in [-0.25, -0.2) is 4.98 Å². The number of aromatic nitrogens is 2. The van der Waals surface area contributed by atoms with Crippen molar-refractivity contribution in [3.63, 3.8) is 0 Å². The fraction of sp³-hybridized carbons (Fsp3) is 0.304. The van der Waals surface area contributed by atoms with Gasteiger partial charge in [-0.1, -0.05) is 49.4 Å². The molecular formula is C23H25F3N4O. The Balaban J connectivity index is 1.84. The van der Waals surface area contributed by atoms with Crippen LogP contribution in [0.3, 0.4) is 0 Å². The van der Waals surface area contributed by atoms with Crippen LogP contribution in [0, 0.1) is 0 Å². The van der Waals surface area contributed by atoms with E-state index >= 15 is 0 Å². The van der Waals surface area contributed by atoms with Crippen LogP contribution in [0.5, 0.6) is 5.75 Å². The number of ether oxygens (including phenoxy) is 1. The van der Waals surface area contributed by atoms with Crippen LogP contribution in [0.2, 0.25) is 0 Å². The standard InChI is InChI=1S/C23H25F3N4O/c1-3-16(2)28-22-29-20(18-10-7-11-19(14-18)31-23(24,25)26)15-21(30-22)27-13-12-17-8-5-4-6-9-17/h4-11,14-16H,3,12-13H2,1-2H3,(H2,27,28,29,30)/t16-/m1/s1. The molecule has 31 heavy (non-hydrogen) atoms. The van der Waals surface area contributed by atoms with Gasteiger partial charge < -0.3 is 15.4 Å². The summed E-state index contributed by atoms with van der Waals surface area (Å²) in [6.07, 6.45) is -3.07. The minimum absolute atomic E-state index is 0.146. The predicted octanol–water partition coefficient (Wildman–Crippen LogP) is 5.91. The summed E-state index contributed by atoms with van der Waals surface area (Å²) in [6, 6.07) is 17.7. The SMILES string of the molecule is CC[C@@H](C)Nc1nc(NCCc2ccccc2)cc(-c2cccc(OC(F)(F)F)c2)n1. The lowest BCUT2D eigenvalue weighted by atomic mass is 10.1. The maximum absolute atomic E-state index is 12.6. The summed E-state index contributed by atoms with van der Waals surface area (Å²) in [4.78, 5) is 9.01. The molecule has 164 valence electrons. The lowest BCUT2D eigenvalue weighted by Crippen LogP contribution is -2.17. The van der Waals surface area contributed by atoms with E-state index in [1.54, 1.807) is 12.1 Å². The first-order chi connectivity index (χ1) is 14.8. The molecule has 0 aliphatic heterocycles. The summed E-state index contributed by atoms with van der Waals surface area (Å²) in [5.41, 5.74) is 2.19. The summed E-state index contributed by atoms with van der Waals surface area (Å²) in [5, 5.41) is 6.52.